The molecule has 1 N–H and O–H groups in total. The summed E-state index contributed by atoms with van der Waals surface area (Å²) < 4.78 is 11.1. The highest BCUT2D eigenvalue weighted by Crippen LogP contribution is 2.15. The van der Waals surface area contributed by atoms with Crippen LogP contribution in [0.2, 0.25) is 0 Å². The zero-order chi connectivity index (χ0) is 21.5. The Morgan fingerprint density at radius 2 is 1.71 bits per heavy atom. The first-order chi connectivity index (χ1) is 12.9. The summed E-state index contributed by atoms with van der Waals surface area (Å²) in [5.74, 6) is -0.788. The molecule has 0 aliphatic rings. The minimum absolute atomic E-state index is 0.107. The van der Waals surface area contributed by atoms with Crippen molar-refractivity contribution in [3.8, 4) is 0 Å². The van der Waals surface area contributed by atoms with Crippen molar-refractivity contribution in [1.29, 1.82) is 0 Å². The number of alkyl carbamates (subject to hydrolysis) is 1. The van der Waals surface area contributed by atoms with E-state index in [1.54, 1.807) is 32.9 Å². The van der Waals surface area contributed by atoms with Crippen molar-refractivity contribution < 1.29 is 23.9 Å². The van der Waals surface area contributed by atoms with Crippen molar-refractivity contribution in [2.24, 2.45) is 5.92 Å². The van der Waals surface area contributed by atoms with Gasteiger partial charge in [0.15, 0.2) is 0 Å². The average Bonchev–Trinajstić information content (AvgIpc) is 2.58. The van der Waals surface area contributed by atoms with Crippen LogP contribution in [0.4, 0.5) is 4.79 Å². The number of rotatable bonds is 7. The molecule has 28 heavy (non-hydrogen) atoms. The van der Waals surface area contributed by atoms with E-state index in [1.807, 2.05) is 26.0 Å². The van der Waals surface area contributed by atoms with E-state index in [9.17, 15) is 14.4 Å². The van der Waals surface area contributed by atoms with Gasteiger partial charge in [0.2, 0.25) is 0 Å². The molecule has 0 heterocycles. The van der Waals surface area contributed by atoms with E-state index in [-0.39, 0.29) is 18.4 Å². The summed E-state index contributed by atoms with van der Waals surface area (Å²) in [5.41, 5.74) is -0.202. The Bertz CT molecular complexity index is 683. The first-order valence-corrected chi connectivity index (χ1v) is 10.1. The number of hydrogen-bond acceptors (Lipinski definition) is 5. The van der Waals surface area contributed by atoms with Crippen molar-refractivity contribution in [3.63, 3.8) is 0 Å². The number of carbonyl (C=O) groups is 3. The van der Waals surface area contributed by atoms with Crippen LogP contribution in [0.25, 0.3) is 0 Å². The van der Waals surface area contributed by atoms with Crippen LogP contribution in [0.5, 0.6) is 0 Å². The van der Waals surface area contributed by atoms with Crippen LogP contribution >= 0.6 is 22.6 Å². The third-order valence-corrected chi connectivity index (χ3v) is 4.32. The minimum atomic E-state index is -0.966. The maximum atomic E-state index is 13.1. The molecule has 0 spiro atoms. The van der Waals surface area contributed by atoms with Gasteiger partial charge in [0.05, 0.1) is 13.7 Å². The molecule has 7 nitrogen and oxygen atoms in total. The standard InChI is InChI=1S/C20H29IN2O5/c1-13(2)12-23(17(24)14-7-9-15(21)10-8-14)16(18(25)27-6)11-22-19(26)28-20(3,4)5/h7-10,13,16H,11-12H2,1-6H3,(H,22,26). The largest absolute Gasteiger partial charge is 0.467 e. The quantitative estimate of drug-likeness (QED) is 0.454. The summed E-state index contributed by atoms with van der Waals surface area (Å²) >= 11 is 2.16. The first-order valence-electron chi connectivity index (χ1n) is 9.05. The van der Waals surface area contributed by atoms with E-state index in [4.69, 9.17) is 9.47 Å². The highest BCUT2D eigenvalue weighted by Gasteiger charge is 2.32. The number of ether oxygens (including phenoxy) is 2. The van der Waals surface area contributed by atoms with Crippen molar-refractivity contribution in [2.45, 2.75) is 46.3 Å². The lowest BCUT2D eigenvalue weighted by Crippen LogP contribution is -2.53. The molecular formula is C20H29IN2O5. The maximum absolute atomic E-state index is 13.1. The molecule has 0 radical (unpaired) electrons. The molecule has 1 rings (SSSR count). The predicted octanol–water partition coefficient (Wildman–Crippen LogP) is 3.46. The summed E-state index contributed by atoms with van der Waals surface area (Å²) in [6, 6.07) is 6.12. The molecule has 1 aromatic rings. The molecule has 156 valence electrons. The molecule has 1 aromatic carbocycles. The van der Waals surface area contributed by atoms with Gasteiger partial charge in [0.1, 0.15) is 11.6 Å². The fraction of sp³-hybridized carbons (Fsp3) is 0.550. The monoisotopic (exact) mass is 504 g/mol. The molecule has 1 atom stereocenters. The molecule has 0 aliphatic carbocycles. The van der Waals surface area contributed by atoms with Crippen LogP contribution in [0.3, 0.4) is 0 Å². The lowest BCUT2D eigenvalue weighted by atomic mass is 10.1. The van der Waals surface area contributed by atoms with Gasteiger partial charge in [-0.15, -0.1) is 0 Å². The second-order valence-corrected chi connectivity index (χ2v) is 9.03. The third kappa shape index (κ3) is 8.04. The SMILES string of the molecule is COC(=O)C(CNC(=O)OC(C)(C)C)N(CC(C)C)C(=O)c1ccc(I)cc1. The van der Waals surface area contributed by atoms with E-state index < -0.39 is 23.7 Å². The Morgan fingerprint density at radius 1 is 1.14 bits per heavy atom. The van der Waals surface area contributed by atoms with Crippen LogP contribution in [0.15, 0.2) is 24.3 Å². The van der Waals surface area contributed by atoms with Gasteiger partial charge in [-0.3, -0.25) is 4.79 Å². The van der Waals surface area contributed by atoms with Gasteiger partial charge in [0, 0.05) is 15.7 Å². The number of carbonyl (C=O) groups excluding carboxylic acids is 3. The smallest absolute Gasteiger partial charge is 0.407 e. The molecule has 0 aromatic heterocycles. The van der Waals surface area contributed by atoms with Gasteiger partial charge in [-0.1, -0.05) is 13.8 Å². The number of esters is 1. The summed E-state index contributed by atoms with van der Waals surface area (Å²) in [7, 11) is 1.26. The normalized spacial score (nSPS) is 12.3. The van der Waals surface area contributed by atoms with E-state index in [0.717, 1.165) is 3.57 Å². The number of methoxy groups -OCH3 is 1. The van der Waals surface area contributed by atoms with Crippen molar-refractivity contribution in [1.82, 2.24) is 10.2 Å². The molecule has 0 bridgehead atoms. The predicted molar refractivity (Wildman–Crippen MR) is 115 cm³/mol. The summed E-state index contributed by atoms with van der Waals surface area (Å²) in [5, 5.41) is 2.57. The van der Waals surface area contributed by atoms with Crippen LogP contribution < -0.4 is 5.32 Å². The topological polar surface area (TPSA) is 84.9 Å². The van der Waals surface area contributed by atoms with Crippen LogP contribution in [-0.2, 0) is 14.3 Å². The Labute approximate surface area is 180 Å². The van der Waals surface area contributed by atoms with Crippen molar-refractivity contribution >= 4 is 40.6 Å². The van der Waals surface area contributed by atoms with Gasteiger partial charge in [0.25, 0.3) is 5.91 Å². The van der Waals surface area contributed by atoms with E-state index in [2.05, 4.69) is 27.9 Å². The zero-order valence-electron chi connectivity index (χ0n) is 17.2. The van der Waals surface area contributed by atoms with Crippen LogP contribution in [0, 0.1) is 9.49 Å². The molecule has 0 saturated heterocycles. The Balaban J connectivity index is 3.08. The summed E-state index contributed by atoms with van der Waals surface area (Å²) in [4.78, 5) is 39.0. The average molecular weight is 504 g/mol. The third-order valence-electron chi connectivity index (χ3n) is 3.60. The number of benzene rings is 1. The zero-order valence-corrected chi connectivity index (χ0v) is 19.4. The fourth-order valence-electron chi connectivity index (χ4n) is 2.45. The van der Waals surface area contributed by atoms with Gasteiger partial charge in [-0.25, -0.2) is 9.59 Å². The highest BCUT2D eigenvalue weighted by molar-refractivity contribution is 14.1. The minimum Gasteiger partial charge on any atom is -0.467 e. The Hall–Kier alpha value is -1.84. The van der Waals surface area contributed by atoms with Crippen molar-refractivity contribution in [2.75, 3.05) is 20.2 Å². The molecule has 0 aliphatic heterocycles. The van der Waals surface area contributed by atoms with Gasteiger partial charge in [-0.05, 0) is 73.5 Å². The molecule has 1 unspecified atom stereocenters. The van der Waals surface area contributed by atoms with Gasteiger partial charge < -0.3 is 19.7 Å². The number of amides is 2. The molecular weight excluding hydrogens is 475 g/mol. The van der Waals surface area contributed by atoms with E-state index in [0.29, 0.717) is 12.1 Å². The van der Waals surface area contributed by atoms with Crippen LogP contribution in [0.1, 0.15) is 45.0 Å². The molecule has 0 saturated carbocycles. The van der Waals surface area contributed by atoms with Gasteiger partial charge >= 0.3 is 12.1 Å². The maximum Gasteiger partial charge on any atom is 0.407 e. The van der Waals surface area contributed by atoms with E-state index >= 15 is 0 Å². The second-order valence-electron chi connectivity index (χ2n) is 7.78. The summed E-state index contributed by atoms with van der Waals surface area (Å²) in [6.45, 7) is 9.36. The number of halogens is 1. The second kappa shape index (κ2) is 10.6. The molecule has 2 amide bonds. The van der Waals surface area contributed by atoms with Crippen molar-refractivity contribution in [3.05, 3.63) is 33.4 Å². The van der Waals surface area contributed by atoms with E-state index in [1.165, 1.54) is 12.0 Å². The lowest BCUT2D eigenvalue weighted by Gasteiger charge is -2.32. The highest BCUT2D eigenvalue weighted by atomic mass is 127. The number of nitrogens with one attached hydrogen (secondary N) is 1. The van der Waals surface area contributed by atoms with Gasteiger partial charge in [-0.2, -0.15) is 0 Å². The number of nitrogens with zero attached hydrogens (tertiary/aromatic N) is 1. The lowest BCUT2D eigenvalue weighted by molar-refractivity contribution is -0.146. The first kappa shape index (κ1) is 24.2. The fourth-order valence-corrected chi connectivity index (χ4v) is 2.81. The molecule has 0 fully saturated rings. The van der Waals surface area contributed by atoms with Crippen LogP contribution in [-0.4, -0.2) is 54.7 Å². The summed E-state index contributed by atoms with van der Waals surface area (Å²) in [6.07, 6.45) is -0.660. The molecule has 8 heteroatoms. The Kier molecular flexibility index (Phi) is 9.19. The Morgan fingerprint density at radius 3 is 2.18 bits per heavy atom. The number of hydrogen-bond donors (Lipinski definition) is 1.